The summed E-state index contributed by atoms with van der Waals surface area (Å²) in [5, 5.41) is 43.3. The number of rotatable bonds is 2. The van der Waals surface area contributed by atoms with E-state index in [2.05, 4.69) is 6.58 Å². The molecule has 0 aromatic rings. The summed E-state index contributed by atoms with van der Waals surface area (Å²) in [5.74, 6) is -3.16. The molecule has 0 radical (unpaired) electrons. The standard InChI is InChI=1S/C20H28O8/c1-6-8(2)17(24)28-13-11-9(3)18(25)27-12(11)14-19(4,26)7-10(21)15(22)20(14,5)16(13)23/h6,10-16,21-23,26H,3,7H2,1-2,4-5H3/b8-6-/t10-,11-,12+,13-,14-,15+,16+,19-,20+/m0/s1. The van der Waals surface area contributed by atoms with E-state index >= 15 is 0 Å². The largest absolute Gasteiger partial charge is 0.458 e. The molecule has 9 atom stereocenters. The lowest BCUT2D eigenvalue weighted by Crippen LogP contribution is -2.74. The highest BCUT2D eigenvalue weighted by Gasteiger charge is 2.71. The lowest BCUT2D eigenvalue weighted by Gasteiger charge is -2.61. The molecule has 3 fully saturated rings. The number of carbonyl (C=O) groups is 2. The van der Waals surface area contributed by atoms with Crippen molar-refractivity contribution in [2.75, 3.05) is 0 Å². The van der Waals surface area contributed by atoms with Gasteiger partial charge in [0, 0.05) is 28.9 Å². The fourth-order valence-electron chi connectivity index (χ4n) is 5.29. The minimum atomic E-state index is -1.55. The van der Waals surface area contributed by atoms with Crippen molar-refractivity contribution in [2.45, 2.75) is 70.2 Å². The van der Waals surface area contributed by atoms with Crippen LogP contribution in [0.5, 0.6) is 0 Å². The van der Waals surface area contributed by atoms with Gasteiger partial charge < -0.3 is 29.9 Å². The molecule has 156 valence electrons. The van der Waals surface area contributed by atoms with E-state index in [1.165, 1.54) is 13.8 Å². The van der Waals surface area contributed by atoms with E-state index in [0.717, 1.165) is 0 Å². The smallest absolute Gasteiger partial charge is 0.334 e. The second-order valence-electron chi connectivity index (χ2n) is 8.62. The molecule has 0 aromatic carbocycles. The van der Waals surface area contributed by atoms with Crippen LogP contribution in [-0.4, -0.2) is 68.5 Å². The van der Waals surface area contributed by atoms with Crippen LogP contribution < -0.4 is 0 Å². The maximum atomic E-state index is 12.4. The van der Waals surface area contributed by atoms with Gasteiger partial charge in [0.05, 0.1) is 23.7 Å². The van der Waals surface area contributed by atoms with Crippen LogP contribution in [0.2, 0.25) is 0 Å². The minimum absolute atomic E-state index is 0.0402. The lowest BCUT2D eigenvalue weighted by molar-refractivity contribution is -0.291. The Kier molecular flexibility index (Phi) is 4.99. The van der Waals surface area contributed by atoms with Crippen LogP contribution in [0.1, 0.15) is 34.1 Å². The molecule has 1 saturated heterocycles. The summed E-state index contributed by atoms with van der Waals surface area (Å²) in [6, 6.07) is 0. The number of hydrogen-bond donors (Lipinski definition) is 4. The number of allylic oxidation sites excluding steroid dienone is 1. The monoisotopic (exact) mass is 396 g/mol. The Morgan fingerprint density at radius 1 is 1.29 bits per heavy atom. The Balaban J connectivity index is 2.12. The summed E-state index contributed by atoms with van der Waals surface area (Å²) >= 11 is 0. The van der Waals surface area contributed by atoms with E-state index in [1.54, 1.807) is 19.9 Å². The van der Waals surface area contributed by atoms with Gasteiger partial charge in [0.25, 0.3) is 0 Å². The maximum absolute atomic E-state index is 12.4. The molecule has 2 aliphatic carbocycles. The average Bonchev–Trinajstić information content (AvgIpc) is 2.89. The second kappa shape index (κ2) is 6.66. The van der Waals surface area contributed by atoms with Crippen LogP contribution in [0.3, 0.4) is 0 Å². The Hall–Kier alpha value is -1.74. The SMILES string of the molecule is C=C1C(=O)O[C@@H]2[C@H]1[C@H](OC(=O)/C(C)=C\C)[C@@H](O)[C@@]1(C)[C@H](O)[C@@H](O)C[C@](C)(O)[C@H]21. The summed E-state index contributed by atoms with van der Waals surface area (Å²) < 4.78 is 11.0. The molecule has 1 heterocycles. The first-order valence-electron chi connectivity index (χ1n) is 9.38. The number of esters is 2. The molecule has 0 bridgehead atoms. The molecular formula is C20H28O8. The lowest BCUT2D eigenvalue weighted by atomic mass is 9.48. The first-order chi connectivity index (χ1) is 12.9. The van der Waals surface area contributed by atoms with Gasteiger partial charge in [-0.15, -0.1) is 0 Å². The summed E-state index contributed by atoms with van der Waals surface area (Å²) in [6.45, 7) is 9.91. The third-order valence-corrected chi connectivity index (χ3v) is 6.85. The Bertz CT molecular complexity index is 740. The van der Waals surface area contributed by atoms with E-state index in [-0.39, 0.29) is 12.0 Å². The fourth-order valence-corrected chi connectivity index (χ4v) is 5.29. The number of hydrogen-bond acceptors (Lipinski definition) is 8. The van der Waals surface area contributed by atoms with E-state index in [4.69, 9.17) is 9.47 Å². The van der Waals surface area contributed by atoms with Gasteiger partial charge in [-0.2, -0.15) is 0 Å². The van der Waals surface area contributed by atoms with Crippen molar-refractivity contribution in [3.63, 3.8) is 0 Å². The van der Waals surface area contributed by atoms with Crippen LogP contribution >= 0.6 is 0 Å². The number of carbonyl (C=O) groups excluding carboxylic acids is 2. The third kappa shape index (κ3) is 2.74. The maximum Gasteiger partial charge on any atom is 0.334 e. The van der Waals surface area contributed by atoms with Crippen LogP contribution in [-0.2, 0) is 19.1 Å². The van der Waals surface area contributed by atoms with Gasteiger partial charge in [0.15, 0.2) is 0 Å². The van der Waals surface area contributed by atoms with E-state index in [9.17, 15) is 30.0 Å². The number of aliphatic hydroxyl groups excluding tert-OH is 3. The van der Waals surface area contributed by atoms with Gasteiger partial charge in [-0.05, 0) is 20.8 Å². The highest BCUT2D eigenvalue weighted by Crippen LogP contribution is 2.59. The molecule has 1 aliphatic heterocycles. The molecule has 0 amide bonds. The first kappa shape index (κ1) is 21.0. The van der Waals surface area contributed by atoms with Crippen LogP contribution in [0.4, 0.5) is 0 Å². The second-order valence-corrected chi connectivity index (χ2v) is 8.62. The number of ether oxygens (including phenoxy) is 2. The third-order valence-electron chi connectivity index (χ3n) is 6.85. The zero-order chi connectivity index (χ0) is 21.2. The summed E-state index contributed by atoms with van der Waals surface area (Å²) in [7, 11) is 0. The highest BCUT2D eigenvalue weighted by molar-refractivity contribution is 5.92. The number of fused-ring (bicyclic) bond motifs is 3. The molecular weight excluding hydrogens is 368 g/mol. The van der Waals surface area contributed by atoms with Crippen molar-refractivity contribution >= 4 is 11.9 Å². The van der Waals surface area contributed by atoms with Crippen LogP contribution in [0.25, 0.3) is 0 Å². The summed E-state index contributed by atoms with van der Waals surface area (Å²) in [5.41, 5.74) is -2.69. The Morgan fingerprint density at radius 2 is 1.89 bits per heavy atom. The Morgan fingerprint density at radius 3 is 2.46 bits per heavy atom. The molecule has 8 nitrogen and oxygen atoms in total. The molecule has 28 heavy (non-hydrogen) atoms. The van der Waals surface area contributed by atoms with Gasteiger partial charge >= 0.3 is 11.9 Å². The molecule has 0 aromatic heterocycles. The minimum Gasteiger partial charge on any atom is -0.458 e. The summed E-state index contributed by atoms with van der Waals surface area (Å²) in [6.07, 6.45) is -5.01. The molecule has 2 saturated carbocycles. The number of aliphatic hydroxyl groups is 4. The Labute approximate surface area is 163 Å². The quantitative estimate of drug-likeness (QED) is 0.374. The van der Waals surface area contributed by atoms with Crippen molar-refractivity contribution in [3.8, 4) is 0 Å². The molecule has 3 rings (SSSR count). The normalized spacial score (nSPS) is 48.6. The van der Waals surface area contributed by atoms with Crippen molar-refractivity contribution in [1.82, 2.24) is 0 Å². The predicted molar refractivity (Wildman–Crippen MR) is 96.7 cm³/mol. The van der Waals surface area contributed by atoms with Gasteiger partial charge in [-0.25, -0.2) is 9.59 Å². The topological polar surface area (TPSA) is 134 Å². The van der Waals surface area contributed by atoms with Crippen molar-refractivity contribution in [1.29, 1.82) is 0 Å². The predicted octanol–water partition coefficient (Wildman–Crippen LogP) is -0.164. The fraction of sp³-hybridized carbons (Fsp3) is 0.700. The zero-order valence-electron chi connectivity index (χ0n) is 16.5. The zero-order valence-corrected chi connectivity index (χ0v) is 16.5. The van der Waals surface area contributed by atoms with Gasteiger partial charge in [0.1, 0.15) is 18.3 Å². The van der Waals surface area contributed by atoms with Gasteiger partial charge in [-0.3, -0.25) is 0 Å². The van der Waals surface area contributed by atoms with E-state index in [0.29, 0.717) is 5.57 Å². The van der Waals surface area contributed by atoms with Gasteiger partial charge in [-0.1, -0.05) is 19.6 Å². The van der Waals surface area contributed by atoms with Crippen molar-refractivity contribution in [2.24, 2.45) is 17.3 Å². The molecule has 3 aliphatic rings. The highest BCUT2D eigenvalue weighted by atomic mass is 16.6. The van der Waals surface area contributed by atoms with E-state index in [1.807, 2.05) is 0 Å². The van der Waals surface area contributed by atoms with Crippen molar-refractivity contribution < 1.29 is 39.5 Å². The van der Waals surface area contributed by atoms with Crippen molar-refractivity contribution in [3.05, 3.63) is 23.8 Å². The molecule has 0 spiro atoms. The molecule has 0 unspecified atom stereocenters. The molecule has 4 N–H and O–H groups in total. The molecule has 8 heteroatoms. The first-order valence-corrected chi connectivity index (χ1v) is 9.38. The van der Waals surface area contributed by atoms with E-state index < -0.39 is 65.3 Å². The summed E-state index contributed by atoms with van der Waals surface area (Å²) in [4.78, 5) is 24.6. The van der Waals surface area contributed by atoms with Crippen LogP contribution in [0.15, 0.2) is 23.8 Å². The van der Waals surface area contributed by atoms with Crippen LogP contribution in [0, 0.1) is 17.3 Å². The average molecular weight is 396 g/mol. The van der Waals surface area contributed by atoms with Gasteiger partial charge in [0.2, 0.25) is 0 Å².